The molecule has 0 bridgehead atoms. The summed E-state index contributed by atoms with van der Waals surface area (Å²) in [6, 6.07) is 0.703. The summed E-state index contributed by atoms with van der Waals surface area (Å²) in [4.78, 5) is 0. The van der Waals surface area contributed by atoms with E-state index >= 15 is 0 Å². The van der Waals surface area contributed by atoms with Crippen molar-refractivity contribution in [2.45, 2.75) is 51.5 Å². The highest BCUT2D eigenvalue weighted by Crippen LogP contribution is 2.28. The average Bonchev–Trinajstić information content (AvgIpc) is 2.26. The molecule has 0 saturated heterocycles. The summed E-state index contributed by atoms with van der Waals surface area (Å²) in [5.41, 5.74) is 5.68. The number of nitrogens with two attached hydrogens (primary N) is 1. The Hall–Kier alpha value is -0.0800. The molecule has 1 aliphatic rings. The topological polar surface area (TPSA) is 38.0 Å². The Kier molecular flexibility index (Phi) is 5.49. The van der Waals surface area contributed by atoms with Crippen LogP contribution < -0.4 is 11.1 Å². The van der Waals surface area contributed by atoms with Crippen LogP contribution in [0.5, 0.6) is 0 Å². The lowest BCUT2D eigenvalue weighted by molar-refractivity contribution is 0.248. The first-order valence-corrected chi connectivity index (χ1v) is 6.15. The minimum Gasteiger partial charge on any atom is -0.330 e. The van der Waals surface area contributed by atoms with E-state index < -0.39 is 0 Å². The zero-order valence-corrected chi connectivity index (χ0v) is 9.76. The first kappa shape index (κ1) is 12.0. The zero-order chi connectivity index (χ0) is 10.4. The smallest absolute Gasteiger partial charge is 0.00953 e. The normalized spacial score (nSPS) is 23.4. The highest BCUT2D eigenvalue weighted by Gasteiger charge is 2.23. The fourth-order valence-corrected chi connectivity index (χ4v) is 2.61. The maximum atomic E-state index is 5.68. The van der Waals surface area contributed by atoms with Gasteiger partial charge in [0, 0.05) is 6.04 Å². The number of rotatable bonds is 5. The van der Waals surface area contributed by atoms with E-state index in [0.717, 1.165) is 12.5 Å². The second-order valence-electron chi connectivity index (χ2n) is 4.87. The van der Waals surface area contributed by atoms with Crippen molar-refractivity contribution in [1.29, 1.82) is 0 Å². The lowest BCUT2D eigenvalue weighted by Crippen LogP contribution is -2.37. The summed E-state index contributed by atoms with van der Waals surface area (Å²) in [5.74, 6) is 1.57. The first-order valence-electron chi connectivity index (χ1n) is 6.15. The molecule has 2 unspecified atom stereocenters. The molecular formula is C12H26N2. The molecule has 2 nitrogen and oxygen atoms in total. The van der Waals surface area contributed by atoms with Gasteiger partial charge in [0.05, 0.1) is 0 Å². The summed E-state index contributed by atoms with van der Waals surface area (Å²) in [7, 11) is 2.10. The van der Waals surface area contributed by atoms with E-state index in [2.05, 4.69) is 19.3 Å². The minimum absolute atomic E-state index is 0.661. The van der Waals surface area contributed by atoms with Crippen LogP contribution in [0.1, 0.15) is 45.4 Å². The third-order valence-corrected chi connectivity index (χ3v) is 3.65. The molecule has 1 aliphatic carbocycles. The van der Waals surface area contributed by atoms with Crippen LogP contribution in [0.4, 0.5) is 0 Å². The summed E-state index contributed by atoms with van der Waals surface area (Å²) in [6.45, 7) is 3.08. The van der Waals surface area contributed by atoms with Gasteiger partial charge in [-0.3, -0.25) is 0 Å². The quantitative estimate of drug-likeness (QED) is 0.710. The lowest BCUT2D eigenvalue weighted by Gasteiger charge is -2.31. The molecule has 0 aromatic heterocycles. The number of hydrogen-bond donors (Lipinski definition) is 2. The SMILES string of the molecule is CNC(CC(C)CN)C1CCCCC1. The molecule has 0 heterocycles. The van der Waals surface area contributed by atoms with Gasteiger partial charge in [0.1, 0.15) is 0 Å². The van der Waals surface area contributed by atoms with Gasteiger partial charge in [-0.2, -0.15) is 0 Å². The summed E-state index contributed by atoms with van der Waals surface area (Å²) in [5, 5.41) is 3.48. The van der Waals surface area contributed by atoms with Crippen molar-refractivity contribution < 1.29 is 0 Å². The van der Waals surface area contributed by atoms with Crippen LogP contribution in [0.15, 0.2) is 0 Å². The monoisotopic (exact) mass is 198 g/mol. The van der Waals surface area contributed by atoms with E-state index in [1.165, 1.54) is 38.5 Å². The second kappa shape index (κ2) is 6.41. The lowest BCUT2D eigenvalue weighted by atomic mass is 9.81. The van der Waals surface area contributed by atoms with Crippen molar-refractivity contribution in [3.63, 3.8) is 0 Å². The highest BCUT2D eigenvalue weighted by molar-refractivity contribution is 4.79. The van der Waals surface area contributed by atoms with E-state index in [-0.39, 0.29) is 0 Å². The molecule has 2 heteroatoms. The van der Waals surface area contributed by atoms with Gasteiger partial charge in [-0.1, -0.05) is 26.2 Å². The molecule has 0 aliphatic heterocycles. The van der Waals surface area contributed by atoms with Gasteiger partial charge in [-0.25, -0.2) is 0 Å². The van der Waals surface area contributed by atoms with Gasteiger partial charge in [0.15, 0.2) is 0 Å². The summed E-state index contributed by atoms with van der Waals surface area (Å²) < 4.78 is 0. The van der Waals surface area contributed by atoms with Crippen molar-refractivity contribution >= 4 is 0 Å². The van der Waals surface area contributed by atoms with E-state index in [0.29, 0.717) is 12.0 Å². The Bertz CT molecular complexity index is 141. The van der Waals surface area contributed by atoms with Gasteiger partial charge in [0.25, 0.3) is 0 Å². The Morgan fingerprint density at radius 3 is 2.43 bits per heavy atom. The van der Waals surface area contributed by atoms with E-state index in [4.69, 9.17) is 5.73 Å². The minimum atomic E-state index is 0.661. The summed E-state index contributed by atoms with van der Waals surface area (Å²) in [6.07, 6.45) is 8.39. The van der Waals surface area contributed by atoms with Crippen LogP contribution in [0, 0.1) is 11.8 Å². The Labute approximate surface area is 88.6 Å². The molecule has 1 fully saturated rings. The number of nitrogens with one attached hydrogen (secondary N) is 1. The predicted octanol–water partition coefficient (Wildman–Crippen LogP) is 2.14. The highest BCUT2D eigenvalue weighted by atomic mass is 14.9. The molecule has 0 aromatic carbocycles. The standard InChI is InChI=1S/C12H26N2/c1-10(9-13)8-12(14-2)11-6-4-3-5-7-11/h10-12,14H,3-9,13H2,1-2H3. The molecule has 0 radical (unpaired) electrons. The number of hydrogen-bond acceptors (Lipinski definition) is 2. The van der Waals surface area contributed by atoms with Crippen LogP contribution in [0.2, 0.25) is 0 Å². The maximum Gasteiger partial charge on any atom is 0.00953 e. The fourth-order valence-electron chi connectivity index (χ4n) is 2.61. The van der Waals surface area contributed by atoms with Crippen LogP contribution in [0.3, 0.4) is 0 Å². The van der Waals surface area contributed by atoms with Gasteiger partial charge in [0.2, 0.25) is 0 Å². The molecule has 0 spiro atoms. The average molecular weight is 198 g/mol. The van der Waals surface area contributed by atoms with Crippen LogP contribution in [-0.4, -0.2) is 19.6 Å². The largest absolute Gasteiger partial charge is 0.330 e. The molecular weight excluding hydrogens is 172 g/mol. The molecule has 1 rings (SSSR count). The van der Waals surface area contributed by atoms with E-state index in [9.17, 15) is 0 Å². The molecule has 3 N–H and O–H groups in total. The molecule has 2 atom stereocenters. The van der Waals surface area contributed by atoms with Gasteiger partial charge >= 0.3 is 0 Å². The molecule has 0 aromatic rings. The first-order chi connectivity index (χ1) is 6.77. The third-order valence-electron chi connectivity index (χ3n) is 3.65. The Balaban J connectivity index is 2.35. The zero-order valence-electron chi connectivity index (χ0n) is 9.76. The Morgan fingerprint density at radius 1 is 1.29 bits per heavy atom. The van der Waals surface area contributed by atoms with Gasteiger partial charge in [-0.15, -0.1) is 0 Å². The van der Waals surface area contributed by atoms with Crippen LogP contribution in [-0.2, 0) is 0 Å². The van der Waals surface area contributed by atoms with E-state index in [1.54, 1.807) is 0 Å². The van der Waals surface area contributed by atoms with Crippen molar-refractivity contribution in [3.8, 4) is 0 Å². The fraction of sp³-hybridized carbons (Fsp3) is 1.00. The Morgan fingerprint density at radius 2 is 1.93 bits per heavy atom. The van der Waals surface area contributed by atoms with Crippen LogP contribution in [0.25, 0.3) is 0 Å². The van der Waals surface area contributed by atoms with Crippen molar-refractivity contribution in [2.75, 3.05) is 13.6 Å². The van der Waals surface area contributed by atoms with Crippen LogP contribution >= 0.6 is 0 Å². The van der Waals surface area contributed by atoms with Gasteiger partial charge in [-0.05, 0) is 44.7 Å². The van der Waals surface area contributed by atoms with Gasteiger partial charge < -0.3 is 11.1 Å². The molecule has 1 saturated carbocycles. The third kappa shape index (κ3) is 3.58. The van der Waals surface area contributed by atoms with Crippen molar-refractivity contribution in [1.82, 2.24) is 5.32 Å². The maximum absolute atomic E-state index is 5.68. The molecule has 0 amide bonds. The van der Waals surface area contributed by atoms with Crippen molar-refractivity contribution in [2.24, 2.45) is 17.6 Å². The molecule has 84 valence electrons. The molecule has 14 heavy (non-hydrogen) atoms. The second-order valence-corrected chi connectivity index (χ2v) is 4.87. The van der Waals surface area contributed by atoms with E-state index in [1.807, 2.05) is 0 Å². The van der Waals surface area contributed by atoms with Crippen molar-refractivity contribution in [3.05, 3.63) is 0 Å². The predicted molar refractivity (Wildman–Crippen MR) is 62.3 cm³/mol. The summed E-state index contributed by atoms with van der Waals surface area (Å²) >= 11 is 0.